The van der Waals surface area contributed by atoms with Crippen molar-refractivity contribution < 1.29 is 8.42 Å². The second-order valence-electron chi connectivity index (χ2n) is 6.95. The van der Waals surface area contributed by atoms with Crippen LogP contribution >= 0.6 is 0 Å². The Balaban J connectivity index is 1.68. The van der Waals surface area contributed by atoms with Gasteiger partial charge in [0.25, 0.3) is 0 Å². The van der Waals surface area contributed by atoms with Gasteiger partial charge in [-0.15, -0.1) is 0 Å². The molecule has 1 aromatic carbocycles. The minimum atomic E-state index is -3.50. The molecule has 2 aliphatic rings. The van der Waals surface area contributed by atoms with Gasteiger partial charge in [0.2, 0.25) is 10.0 Å². The topological polar surface area (TPSA) is 62.3 Å². The summed E-state index contributed by atoms with van der Waals surface area (Å²) in [5.41, 5.74) is 2.04. The van der Waals surface area contributed by atoms with Crippen LogP contribution in [-0.4, -0.2) is 30.3 Å². The molecule has 1 N–H and O–H groups in total. The summed E-state index contributed by atoms with van der Waals surface area (Å²) >= 11 is 0. The van der Waals surface area contributed by atoms with Crippen molar-refractivity contribution in [3.05, 3.63) is 53.7 Å². The van der Waals surface area contributed by atoms with E-state index in [1.165, 1.54) is 0 Å². The molecular formula is C19H23N3O2S. The van der Waals surface area contributed by atoms with Gasteiger partial charge in [-0.2, -0.15) is 4.31 Å². The number of nitrogens with one attached hydrogen (secondary N) is 1. The maximum atomic E-state index is 13.2. The van der Waals surface area contributed by atoms with Crippen molar-refractivity contribution in [1.82, 2.24) is 9.29 Å². The Morgan fingerprint density at radius 2 is 1.88 bits per heavy atom. The fourth-order valence-corrected chi connectivity index (χ4v) is 5.09. The van der Waals surface area contributed by atoms with Crippen LogP contribution in [0.4, 0.5) is 5.82 Å². The van der Waals surface area contributed by atoms with Gasteiger partial charge in [-0.3, -0.25) is 0 Å². The zero-order chi connectivity index (χ0) is 17.4. The van der Waals surface area contributed by atoms with Crippen molar-refractivity contribution in [2.75, 3.05) is 11.9 Å². The monoisotopic (exact) mass is 357 g/mol. The van der Waals surface area contributed by atoms with Crippen LogP contribution in [0.25, 0.3) is 0 Å². The molecule has 6 heteroatoms. The first-order chi connectivity index (χ1) is 12.1. The molecule has 2 heterocycles. The zero-order valence-electron chi connectivity index (χ0n) is 14.4. The van der Waals surface area contributed by atoms with Crippen molar-refractivity contribution >= 4 is 15.8 Å². The molecule has 0 bridgehead atoms. The Bertz CT molecular complexity index is 860. The standard InChI is InChI=1S/C19H23N3O2S/c1-14-6-10-16(11-7-14)25(23,24)22-13-3-5-18(22)17-4-2-12-20-19(17)21-15-8-9-15/h2,4,6-7,10-12,15,18H,3,5,8-9,13H2,1H3,(H,20,21). The average Bonchev–Trinajstić information content (AvgIpc) is 3.27. The fraction of sp³-hybridized carbons (Fsp3) is 0.421. The van der Waals surface area contributed by atoms with Crippen molar-refractivity contribution in [2.45, 2.75) is 49.6 Å². The third-order valence-electron chi connectivity index (χ3n) is 4.95. The molecule has 1 aromatic heterocycles. The van der Waals surface area contributed by atoms with E-state index < -0.39 is 10.0 Å². The number of aromatic nitrogens is 1. The Morgan fingerprint density at radius 1 is 1.12 bits per heavy atom. The Kier molecular flexibility index (Phi) is 4.25. The molecule has 1 saturated heterocycles. The maximum absolute atomic E-state index is 13.2. The Morgan fingerprint density at radius 3 is 2.60 bits per heavy atom. The van der Waals surface area contributed by atoms with E-state index in [4.69, 9.17) is 0 Å². The first-order valence-corrected chi connectivity index (χ1v) is 10.3. The molecule has 1 unspecified atom stereocenters. The van der Waals surface area contributed by atoms with Crippen molar-refractivity contribution in [1.29, 1.82) is 0 Å². The molecule has 0 radical (unpaired) electrons. The molecular weight excluding hydrogens is 334 g/mol. The number of pyridine rings is 1. The second kappa shape index (κ2) is 6.42. The van der Waals surface area contributed by atoms with E-state index in [0.29, 0.717) is 17.5 Å². The molecule has 2 aromatic rings. The quantitative estimate of drug-likeness (QED) is 0.890. The van der Waals surface area contributed by atoms with Gasteiger partial charge in [0.05, 0.1) is 10.9 Å². The molecule has 1 atom stereocenters. The summed E-state index contributed by atoms with van der Waals surface area (Å²) in [6.45, 7) is 2.51. The third-order valence-corrected chi connectivity index (χ3v) is 6.87. The largest absolute Gasteiger partial charge is 0.367 e. The number of hydrogen-bond donors (Lipinski definition) is 1. The van der Waals surface area contributed by atoms with Crippen LogP contribution < -0.4 is 5.32 Å². The SMILES string of the molecule is Cc1ccc(S(=O)(=O)N2CCCC2c2cccnc2NC2CC2)cc1. The molecule has 1 aliphatic heterocycles. The lowest BCUT2D eigenvalue weighted by Crippen LogP contribution is -2.31. The van der Waals surface area contributed by atoms with Crippen LogP contribution in [0.5, 0.6) is 0 Å². The number of aryl methyl sites for hydroxylation is 1. The van der Waals surface area contributed by atoms with Crippen molar-refractivity contribution in [3.63, 3.8) is 0 Å². The molecule has 25 heavy (non-hydrogen) atoms. The first kappa shape index (κ1) is 16.5. The van der Waals surface area contributed by atoms with Gasteiger partial charge in [0.15, 0.2) is 0 Å². The van der Waals surface area contributed by atoms with Gasteiger partial charge in [0.1, 0.15) is 5.82 Å². The van der Waals surface area contributed by atoms with E-state index in [0.717, 1.165) is 42.6 Å². The van der Waals surface area contributed by atoms with Crippen LogP contribution in [0, 0.1) is 6.92 Å². The summed E-state index contributed by atoms with van der Waals surface area (Å²) in [6.07, 6.45) is 5.78. The van der Waals surface area contributed by atoms with E-state index in [-0.39, 0.29) is 6.04 Å². The van der Waals surface area contributed by atoms with Gasteiger partial charge in [-0.05, 0) is 50.8 Å². The summed E-state index contributed by atoms with van der Waals surface area (Å²) in [7, 11) is -3.50. The first-order valence-electron chi connectivity index (χ1n) is 8.86. The van der Waals surface area contributed by atoms with Crippen LogP contribution in [-0.2, 0) is 10.0 Å². The van der Waals surface area contributed by atoms with E-state index in [1.54, 1.807) is 22.6 Å². The lowest BCUT2D eigenvalue weighted by atomic mass is 10.1. The van der Waals surface area contributed by atoms with Crippen LogP contribution in [0.1, 0.15) is 42.9 Å². The van der Waals surface area contributed by atoms with Gasteiger partial charge in [-0.25, -0.2) is 13.4 Å². The third kappa shape index (κ3) is 3.28. The Hall–Kier alpha value is -1.92. The zero-order valence-corrected chi connectivity index (χ0v) is 15.2. The summed E-state index contributed by atoms with van der Waals surface area (Å²) in [4.78, 5) is 4.84. The van der Waals surface area contributed by atoms with E-state index in [1.807, 2.05) is 31.2 Å². The smallest absolute Gasteiger partial charge is 0.243 e. The van der Waals surface area contributed by atoms with Crippen LogP contribution in [0.15, 0.2) is 47.5 Å². The summed E-state index contributed by atoms with van der Waals surface area (Å²) in [6, 6.07) is 11.3. The normalized spacial score (nSPS) is 21.4. The molecule has 1 saturated carbocycles. The van der Waals surface area contributed by atoms with Crippen molar-refractivity contribution in [3.8, 4) is 0 Å². The molecule has 1 aliphatic carbocycles. The summed E-state index contributed by atoms with van der Waals surface area (Å²) in [5, 5.41) is 3.45. The number of benzene rings is 1. The van der Waals surface area contributed by atoms with Gasteiger partial charge >= 0.3 is 0 Å². The molecule has 5 nitrogen and oxygen atoms in total. The predicted octanol–water partition coefficient (Wildman–Crippen LogP) is 3.49. The van der Waals surface area contributed by atoms with Gasteiger partial charge in [0, 0.05) is 24.3 Å². The Labute approximate surface area is 149 Å². The highest BCUT2D eigenvalue weighted by atomic mass is 32.2. The van der Waals surface area contributed by atoms with Gasteiger partial charge in [-0.1, -0.05) is 23.8 Å². The van der Waals surface area contributed by atoms with E-state index in [2.05, 4.69) is 10.3 Å². The number of hydrogen-bond acceptors (Lipinski definition) is 4. The summed E-state index contributed by atoms with van der Waals surface area (Å²) in [5.74, 6) is 0.834. The van der Waals surface area contributed by atoms with Crippen molar-refractivity contribution in [2.24, 2.45) is 0 Å². The number of rotatable bonds is 5. The highest BCUT2D eigenvalue weighted by Gasteiger charge is 2.38. The van der Waals surface area contributed by atoms with Crippen LogP contribution in [0.3, 0.4) is 0 Å². The number of anilines is 1. The van der Waals surface area contributed by atoms with E-state index >= 15 is 0 Å². The summed E-state index contributed by atoms with van der Waals surface area (Å²) < 4.78 is 28.0. The van der Waals surface area contributed by atoms with Gasteiger partial charge < -0.3 is 5.32 Å². The number of nitrogens with zero attached hydrogens (tertiary/aromatic N) is 2. The minimum Gasteiger partial charge on any atom is -0.367 e. The number of sulfonamides is 1. The average molecular weight is 357 g/mol. The fourth-order valence-electron chi connectivity index (χ4n) is 3.41. The van der Waals surface area contributed by atoms with E-state index in [9.17, 15) is 8.42 Å². The lowest BCUT2D eigenvalue weighted by molar-refractivity contribution is 0.397. The van der Waals surface area contributed by atoms with Crippen LogP contribution in [0.2, 0.25) is 0 Å². The molecule has 0 amide bonds. The maximum Gasteiger partial charge on any atom is 0.243 e. The molecule has 4 rings (SSSR count). The molecule has 132 valence electrons. The molecule has 0 spiro atoms. The highest BCUT2D eigenvalue weighted by molar-refractivity contribution is 7.89. The second-order valence-corrected chi connectivity index (χ2v) is 8.84. The minimum absolute atomic E-state index is 0.152. The molecule has 2 fully saturated rings. The predicted molar refractivity (Wildman–Crippen MR) is 97.9 cm³/mol. The lowest BCUT2D eigenvalue weighted by Gasteiger charge is -2.26. The highest BCUT2D eigenvalue weighted by Crippen LogP contribution is 2.39.